The molecule has 0 N–H and O–H groups in total. The van der Waals surface area contributed by atoms with E-state index in [0.717, 1.165) is 0 Å². The van der Waals surface area contributed by atoms with Crippen molar-refractivity contribution in [2.75, 3.05) is 6.61 Å². The molecule has 28 heavy (non-hydrogen) atoms. The number of fused-ring (bicyclic) bond motifs is 1. The van der Waals surface area contributed by atoms with Gasteiger partial charge in [0.1, 0.15) is 22.5 Å². The van der Waals surface area contributed by atoms with Gasteiger partial charge in [-0.25, -0.2) is 9.59 Å². The Hall–Kier alpha value is -4.01. The number of benzene rings is 2. The molecule has 0 amide bonds. The third-order valence-corrected chi connectivity index (χ3v) is 3.80. The summed E-state index contributed by atoms with van der Waals surface area (Å²) in [5, 5.41) is 11.3. The fourth-order valence-corrected chi connectivity index (χ4v) is 2.62. The topological polar surface area (TPSA) is 126 Å². The number of hydrogen-bond donors (Lipinski definition) is 0. The van der Waals surface area contributed by atoms with Crippen molar-refractivity contribution >= 4 is 34.9 Å². The molecule has 3 rings (SSSR count). The summed E-state index contributed by atoms with van der Waals surface area (Å²) in [6.07, 6.45) is 0.380. The molecule has 1 aromatic heterocycles. The maximum atomic E-state index is 12.4. The molecule has 9 nitrogen and oxygen atoms in total. The van der Waals surface area contributed by atoms with Gasteiger partial charge >= 0.3 is 11.9 Å². The van der Waals surface area contributed by atoms with E-state index in [0.29, 0.717) is 6.29 Å². The van der Waals surface area contributed by atoms with E-state index in [9.17, 15) is 24.5 Å². The first-order valence-corrected chi connectivity index (χ1v) is 8.10. The zero-order valence-electron chi connectivity index (χ0n) is 14.5. The molecule has 0 atom stereocenters. The van der Waals surface area contributed by atoms with E-state index in [1.54, 1.807) is 6.92 Å². The highest BCUT2D eigenvalue weighted by Crippen LogP contribution is 2.30. The van der Waals surface area contributed by atoms with Gasteiger partial charge in [-0.15, -0.1) is 0 Å². The van der Waals surface area contributed by atoms with Crippen LogP contribution in [0.25, 0.3) is 11.0 Å². The van der Waals surface area contributed by atoms with Crippen LogP contribution in [0.15, 0.2) is 46.9 Å². The molecule has 0 aliphatic rings. The third-order valence-electron chi connectivity index (χ3n) is 3.80. The molecule has 0 aliphatic carbocycles. The smallest absolute Gasteiger partial charge is 0.350 e. The van der Waals surface area contributed by atoms with Gasteiger partial charge in [-0.05, 0) is 31.2 Å². The van der Waals surface area contributed by atoms with Gasteiger partial charge in [0, 0.05) is 11.5 Å². The highest BCUT2D eigenvalue weighted by atomic mass is 16.6. The van der Waals surface area contributed by atoms with Gasteiger partial charge in [0.15, 0.2) is 12.0 Å². The maximum absolute atomic E-state index is 12.4. The van der Waals surface area contributed by atoms with Crippen molar-refractivity contribution in [3.63, 3.8) is 0 Å². The lowest BCUT2D eigenvalue weighted by Gasteiger charge is -2.05. The average Bonchev–Trinajstić information content (AvgIpc) is 3.06. The summed E-state index contributed by atoms with van der Waals surface area (Å²) in [6, 6.07) is 9.47. The molecular formula is C19H13NO8. The summed E-state index contributed by atoms with van der Waals surface area (Å²) in [5.41, 5.74) is -0.489. The van der Waals surface area contributed by atoms with Gasteiger partial charge in [0.2, 0.25) is 0 Å². The van der Waals surface area contributed by atoms with Crippen LogP contribution in [-0.4, -0.2) is 29.8 Å². The van der Waals surface area contributed by atoms with E-state index in [-0.39, 0.29) is 40.2 Å². The molecule has 142 valence electrons. The van der Waals surface area contributed by atoms with Crippen LogP contribution >= 0.6 is 0 Å². The number of hydrogen-bond acceptors (Lipinski definition) is 8. The Balaban J connectivity index is 2.00. The van der Waals surface area contributed by atoms with E-state index in [4.69, 9.17) is 13.9 Å². The number of nitro groups is 1. The Labute approximate surface area is 157 Å². The predicted octanol–water partition coefficient (Wildman–Crippen LogP) is 3.55. The first kappa shape index (κ1) is 18.8. The zero-order chi connectivity index (χ0) is 20.3. The number of ether oxygens (including phenoxy) is 2. The molecule has 0 aliphatic heterocycles. The monoisotopic (exact) mass is 383 g/mol. The van der Waals surface area contributed by atoms with Gasteiger partial charge in [-0.1, -0.05) is 12.1 Å². The van der Waals surface area contributed by atoms with Crippen molar-refractivity contribution in [3.05, 3.63) is 69.5 Å². The second-order valence-electron chi connectivity index (χ2n) is 5.50. The average molecular weight is 383 g/mol. The molecule has 2 aromatic carbocycles. The molecule has 0 unspecified atom stereocenters. The number of furan rings is 1. The highest BCUT2D eigenvalue weighted by Gasteiger charge is 2.24. The van der Waals surface area contributed by atoms with Crippen molar-refractivity contribution in [2.24, 2.45) is 0 Å². The third kappa shape index (κ3) is 3.45. The van der Waals surface area contributed by atoms with Gasteiger partial charge in [0.25, 0.3) is 5.69 Å². The zero-order valence-corrected chi connectivity index (χ0v) is 14.5. The van der Waals surface area contributed by atoms with Crippen LogP contribution in [0.2, 0.25) is 0 Å². The number of nitrogens with zero attached hydrogens (tertiary/aromatic N) is 1. The number of carbonyl (C=O) groups excluding carboxylic acids is 3. The largest absolute Gasteiger partial charge is 0.462 e. The normalized spacial score (nSPS) is 10.5. The lowest BCUT2D eigenvalue weighted by molar-refractivity contribution is -0.385. The summed E-state index contributed by atoms with van der Waals surface area (Å²) in [6.45, 7) is 1.71. The quantitative estimate of drug-likeness (QED) is 0.208. The van der Waals surface area contributed by atoms with E-state index in [2.05, 4.69) is 0 Å². The van der Waals surface area contributed by atoms with E-state index in [1.165, 1.54) is 42.5 Å². The van der Waals surface area contributed by atoms with Crippen LogP contribution in [0.5, 0.6) is 5.75 Å². The van der Waals surface area contributed by atoms with Crippen molar-refractivity contribution in [1.29, 1.82) is 0 Å². The van der Waals surface area contributed by atoms with Gasteiger partial charge in [-0.3, -0.25) is 14.9 Å². The van der Waals surface area contributed by atoms with Gasteiger partial charge in [-0.2, -0.15) is 0 Å². The summed E-state index contributed by atoms with van der Waals surface area (Å²) < 4.78 is 15.5. The molecule has 0 saturated carbocycles. The van der Waals surface area contributed by atoms with Crippen molar-refractivity contribution < 1.29 is 33.2 Å². The Bertz CT molecular complexity index is 1100. The molecule has 0 bridgehead atoms. The van der Waals surface area contributed by atoms with E-state index in [1.807, 2.05) is 0 Å². The molecule has 0 fully saturated rings. The summed E-state index contributed by atoms with van der Waals surface area (Å²) in [4.78, 5) is 46.1. The number of carbonyl (C=O) groups is 3. The highest BCUT2D eigenvalue weighted by molar-refractivity contribution is 6.09. The second kappa shape index (κ2) is 7.70. The first-order valence-electron chi connectivity index (χ1n) is 8.10. The SMILES string of the molecule is CCOC(=O)c1c(C=O)oc2ccc(OC(=O)c3ccccc3[N+](=O)[O-])cc12. The van der Waals surface area contributed by atoms with E-state index < -0.39 is 22.5 Å². The van der Waals surface area contributed by atoms with Crippen LogP contribution in [-0.2, 0) is 4.74 Å². The minimum atomic E-state index is -0.941. The minimum Gasteiger partial charge on any atom is -0.462 e. The number of para-hydroxylation sites is 1. The molecule has 9 heteroatoms. The van der Waals surface area contributed by atoms with Crippen LogP contribution in [0.4, 0.5) is 5.69 Å². The predicted molar refractivity (Wildman–Crippen MR) is 95.6 cm³/mol. The Morgan fingerprint density at radius 1 is 1.18 bits per heavy atom. The molecule has 3 aromatic rings. The number of aldehydes is 1. The summed E-state index contributed by atoms with van der Waals surface area (Å²) in [5.74, 6) is -1.90. The minimum absolute atomic E-state index is 0.0134. The molecule has 1 heterocycles. The van der Waals surface area contributed by atoms with Gasteiger partial charge in [0.05, 0.1) is 11.5 Å². The second-order valence-corrected chi connectivity index (χ2v) is 5.50. The van der Waals surface area contributed by atoms with Crippen LogP contribution in [0, 0.1) is 10.1 Å². The van der Waals surface area contributed by atoms with Crippen LogP contribution in [0.3, 0.4) is 0 Å². The molecule has 0 saturated heterocycles. The number of esters is 2. The lowest BCUT2D eigenvalue weighted by atomic mass is 10.1. The molecule has 0 radical (unpaired) electrons. The Kier molecular flexibility index (Phi) is 5.16. The van der Waals surface area contributed by atoms with Crippen molar-refractivity contribution in [3.8, 4) is 5.75 Å². The lowest BCUT2D eigenvalue weighted by Crippen LogP contribution is -2.11. The fourth-order valence-electron chi connectivity index (χ4n) is 2.62. The summed E-state index contributed by atoms with van der Waals surface area (Å²) >= 11 is 0. The molecular weight excluding hydrogens is 370 g/mol. The maximum Gasteiger partial charge on any atom is 0.350 e. The van der Waals surface area contributed by atoms with Crippen molar-refractivity contribution in [2.45, 2.75) is 6.92 Å². The van der Waals surface area contributed by atoms with Crippen LogP contribution in [0.1, 0.15) is 38.2 Å². The van der Waals surface area contributed by atoms with Crippen molar-refractivity contribution in [1.82, 2.24) is 0 Å². The Morgan fingerprint density at radius 3 is 2.61 bits per heavy atom. The van der Waals surface area contributed by atoms with E-state index >= 15 is 0 Å². The Morgan fingerprint density at radius 2 is 1.93 bits per heavy atom. The summed E-state index contributed by atoms with van der Waals surface area (Å²) in [7, 11) is 0. The van der Waals surface area contributed by atoms with Crippen LogP contribution < -0.4 is 4.74 Å². The van der Waals surface area contributed by atoms with Gasteiger partial charge < -0.3 is 13.9 Å². The molecule has 0 spiro atoms. The number of rotatable bonds is 6. The number of nitro benzene ring substituents is 1. The standard InChI is InChI=1S/C19H13NO8/c1-2-26-19(23)17-13-9-11(7-8-15(13)28-16(17)10-21)27-18(22)12-5-3-4-6-14(12)20(24)25/h3-10H,2H2,1H3. The first-order chi connectivity index (χ1) is 13.5. The fraction of sp³-hybridized carbons (Fsp3) is 0.105.